The van der Waals surface area contributed by atoms with Crippen molar-refractivity contribution in [1.29, 1.82) is 0 Å². The number of imidazole rings is 1. The summed E-state index contributed by atoms with van der Waals surface area (Å²) in [5.74, 6) is 0.813. The van der Waals surface area contributed by atoms with Crippen LogP contribution in [0.3, 0.4) is 0 Å². The van der Waals surface area contributed by atoms with Gasteiger partial charge in [0.1, 0.15) is 17.2 Å². The van der Waals surface area contributed by atoms with Crippen LogP contribution in [0.4, 0.5) is 4.39 Å². The molecule has 2 aromatic heterocycles. The van der Waals surface area contributed by atoms with E-state index >= 15 is 0 Å². The molecule has 0 spiro atoms. The highest BCUT2D eigenvalue weighted by Gasteiger charge is 2.16. The zero-order valence-corrected chi connectivity index (χ0v) is 13.6. The van der Waals surface area contributed by atoms with E-state index < -0.39 is 0 Å². The minimum atomic E-state index is -0.305. The molecule has 0 aliphatic rings. The molecule has 2 heterocycles. The number of alkyl halides is 1. The lowest BCUT2D eigenvalue weighted by Crippen LogP contribution is -2.05. The van der Waals surface area contributed by atoms with Gasteiger partial charge in [-0.1, -0.05) is 6.07 Å². The molecule has 0 bridgehead atoms. The van der Waals surface area contributed by atoms with Gasteiger partial charge < -0.3 is 0 Å². The highest BCUT2D eigenvalue weighted by Crippen LogP contribution is 2.25. The van der Waals surface area contributed by atoms with Gasteiger partial charge in [0.2, 0.25) is 0 Å². The lowest BCUT2D eigenvalue weighted by molar-refractivity contribution is 0.616. The van der Waals surface area contributed by atoms with E-state index in [9.17, 15) is 4.39 Å². The molecule has 0 amide bonds. The zero-order chi connectivity index (χ0) is 15.0. The lowest BCUT2D eigenvalue weighted by atomic mass is 10.2. The van der Waals surface area contributed by atoms with E-state index in [4.69, 9.17) is 11.6 Å². The maximum absolute atomic E-state index is 14.2. The third-order valence-electron chi connectivity index (χ3n) is 3.19. The molecule has 0 saturated heterocycles. The highest BCUT2D eigenvalue weighted by atomic mass is 79.9. The molecule has 0 unspecified atom stereocenters. The molecule has 0 aliphatic heterocycles. The minimum absolute atomic E-state index is 0.305. The van der Waals surface area contributed by atoms with E-state index in [1.165, 1.54) is 6.07 Å². The molecule has 0 atom stereocenters. The number of hydrogen-bond acceptors (Lipinski definition) is 2. The molecule has 6 heteroatoms. The fraction of sp³-hybridized carbons (Fsp3) is 0.200. The van der Waals surface area contributed by atoms with Crippen molar-refractivity contribution in [2.24, 2.45) is 0 Å². The molecule has 108 valence electrons. The van der Waals surface area contributed by atoms with Crippen molar-refractivity contribution in [1.82, 2.24) is 14.5 Å². The van der Waals surface area contributed by atoms with Crippen molar-refractivity contribution in [2.75, 3.05) is 5.88 Å². The first-order chi connectivity index (χ1) is 10.1. The van der Waals surface area contributed by atoms with Crippen LogP contribution in [0.25, 0.3) is 16.9 Å². The number of pyridine rings is 1. The number of halogens is 3. The Morgan fingerprint density at radius 3 is 2.90 bits per heavy atom. The molecular weight excluding hydrogens is 357 g/mol. The summed E-state index contributed by atoms with van der Waals surface area (Å²) in [6.07, 6.45) is 2.22. The molecule has 1 aromatic carbocycles. The van der Waals surface area contributed by atoms with Gasteiger partial charge in [0.25, 0.3) is 0 Å². The Morgan fingerprint density at radius 2 is 2.14 bits per heavy atom. The van der Waals surface area contributed by atoms with Crippen molar-refractivity contribution >= 4 is 38.7 Å². The number of nitrogens with zero attached hydrogens (tertiary/aromatic N) is 3. The van der Waals surface area contributed by atoms with Gasteiger partial charge >= 0.3 is 0 Å². The molecular formula is C15H12BrClFN3. The summed E-state index contributed by atoms with van der Waals surface area (Å²) in [5, 5.41) is 0. The summed E-state index contributed by atoms with van der Waals surface area (Å²) >= 11 is 9.22. The third-order valence-corrected chi connectivity index (χ3v) is 3.82. The quantitative estimate of drug-likeness (QED) is 0.641. The molecule has 0 saturated carbocycles. The maximum Gasteiger partial charge on any atom is 0.164 e. The smallest absolute Gasteiger partial charge is 0.164 e. The number of hydrogen-bond donors (Lipinski definition) is 0. The Hall–Kier alpha value is -1.46. The average molecular weight is 369 g/mol. The van der Waals surface area contributed by atoms with Crippen molar-refractivity contribution in [2.45, 2.75) is 13.3 Å². The predicted molar refractivity (Wildman–Crippen MR) is 85.7 cm³/mol. The van der Waals surface area contributed by atoms with Gasteiger partial charge in [-0.3, -0.25) is 4.57 Å². The second-order valence-electron chi connectivity index (χ2n) is 4.75. The van der Waals surface area contributed by atoms with Crippen LogP contribution in [0, 0.1) is 12.7 Å². The van der Waals surface area contributed by atoms with Crippen molar-refractivity contribution in [3.05, 3.63) is 52.1 Å². The van der Waals surface area contributed by atoms with Crippen molar-refractivity contribution in [3.8, 4) is 5.69 Å². The van der Waals surface area contributed by atoms with E-state index in [2.05, 4.69) is 25.9 Å². The van der Waals surface area contributed by atoms with E-state index in [1.807, 2.05) is 13.0 Å². The summed E-state index contributed by atoms with van der Waals surface area (Å²) in [6.45, 7) is 1.92. The molecule has 0 radical (unpaired) electrons. The van der Waals surface area contributed by atoms with Gasteiger partial charge in [-0.15, -0.1) is 11.6 Å². The summed E-state index contributed by atoms with van der Waals surface area (Å²) in [4.78, 5) is 8.90. The third kappa shape index (κ3) is 2.68. The van der Waals surface area contributed by atoms with Crippen molar-refractivity contribution in [3.63, 3.8) is 0 Å². The standard InChI is InChI=1S/C15H12BrClFN3/c1-9-2-3-11(18)13(6-9)21-14(4-5-17)20-12-7-10(16)8-19-15(12)21/h2-3,6-8H,4-5H2,1H3. The van der Waals surface area contributed by atoms with E-state index in [0.717, 1.165) is 10.0 Å². The number of benzene rings is 1. The van der Waals surface area contributed by atoms with Crippen LogP contribution in [0.2, 0.25) is 0 Å². The first-order valence-electron chi connectivity index (χ1n) is 6.45. The lowest BCUT2D eigenvalue weighted by Gasteiger charge is -2.10. The largest absolute Gasteiger partial charge is 0.278 e. The normalized spacial score (nSPS) is 11.2. The second-order valence-corrected chi connectivity index (χ2v) is 6.05. The van der Waals surface area contributed by atoms with E-state index in [0.29, 0.717) is 35.0 Å². The summed E-state index contributed by atoms with van der Waals surface area (Å²) < 4.78 is 16.8. The zero-order valence-electron chi connectivity index (χ0n) is 11.3. The van der Waals surface area contributed by atoms with Crippen molar-refractivity contribution < 1.29 is 4.39 Å². The van der Waals surface area contributed by atoms with Gasteiger partial charge in [0, 0.05) is 23.0 Å². The molecule has 21 heavy (non-hydrogen) atoms. The van der Waals surface area contributed by atoms with Crippen LogP contribution in [0.1, 0.15) is 11.4 Å². The Bertz CT molecular complexity index is 816. The van der Waals surface area contributed by atoms with Gasteiger partial charge in [0.15, 0.2) is 5.65 Å². The summed E-state index contributed by atoms with van der Waals surface area (Å²) in [6, 6.07) is 6.85. The molecule has 0 N–H and O–H groups in total. The van der Waals surface area contributed by atoms with Crippen LogP contribution in [0.5, 0.6) is 0 Å². The van der Waals surface area contributed by atoms with Gasteiger partial charge in [-0.05, 0) is 46.6 Å². The van der Waals surface area contributed by atoms with Crippen LogP contribution in [-0.4, -0.2) is 20.4 Å². The summed E-state index contributed by atoms with van der Waals surface area (Å²) in [5.41, 5.74) is 2.77. The Labute approximate surface area is 134 Å². The maximum atomic E-state index is 14.2. The van der Waals surface area contributed by atoms with Crippen LogP contribution < -0.4 is 0 Å². The SMILES string of the molecule is Cc1ccc(F)c(-n2c(CCCl)nc3cc(Br)cnc32)c1. The molecule has 3 rings (SSSR count). The second kappa shape index (κ2) is 5.73. The number of aromatic nitrogens is 3. The summed E-state index contributed by atoms with van der Waals surface area (Å²) in [7, 11) is 0. The van der Waals surface area contributed by atoms with E-state index in [-0.39, 0.29) is 5.82 Å². The van der Waals surface area contributed by atoms with Gasteiger partial charge in [-0.2, -0.15) is 0 Å². The highest BCUT2D eigenvalue weighted by molar-refractivity contribution is 9.10. The molecule has 3 nitrogen and oxygen atoms in total. The fourth-order valence-electron chi connectivity index (χ4n) is 2.29. The molecule has 0 aliphatic carbocycles. The number of fused-ring (bicyclic) bond motifs is 1. The first-order valence-corrected chi connectivity index (χ1v) is 7.78. The Morgan fingerprint density at radius 1 is 1.33 bits per heavy atom. The predicted octanol–water partition coefficient (Wildman–Crippen LogP) is 4.41. The number of rotatable bonds is 3. The van der Waals surface area contributed by atoms with Crippen LogP contribution >= 0.6 is 27.5 Å². The fourth-order valence-corrected chi connectivity index (χ4v) is 2.77. The average Bonchev–Trinajstić information content (AvgIpc) is 2.79. The molecule has 3 aromatic rings. The van der Waals surface area contributed by atoms with Crippen LogP contribution in [0.15, 0.2) is 34.9 Å². The Balaban J connectivity index is 2.33. The number of aryl methyl sites for hydroxylation is 2. The Kier molecular flexibility index (Phi) is 3.95. The van der Waals surface area contributed by atoms with Crippen LogP contribution in [-0.2, 0) is 6.42 Å². The first kappa shape index (κ1) is 14.5. The van der Waals surface area contributed by atoms with E-state index in [1.54, 1.807) is 22.9 Å². The monoisotopic (exact) mass is 367 g/mol. The van der Waals surface area contributed by atoms with Gasteiger partial charge in [-0.25, -0.2) is 14.4 Å². The minimum Gasteiger partial charge on any atom is -0.278 e. The topological polar surface area (TPSA) is 30.7 Å². The van der Waals surface area contributed by atoms with Gasteiger partial charge in [0.05, 0.1) is 5.69 Å². The molecule has 0 fully saturated rings.